The van der Waals surface area contributed by atoms with Crippen molar-refractivity contribution >= 4 is 23.9 Å². The fourth-order valence-electron chi connectivity index (χ4n) is 6.95. The maximum atomic E-state index is 12.6. The van der Waals surface area contributed by atoms with Crippen molar-refractivity contribution in [1.29, 1.82) is 0 Å². The molecule has 15 heteroatoms. The molecule has 330 valence electrons. The fourth-order valence-corrected chi connectivity index (χ4v) is 6.95. The summed E-state index contributed by atoms with van der Waals surface area (Å²) >= 11 is 0. The average molecular weight is 849 g/mol. The van der Waals surface area contributed by atoms with Crippen LogP contribution in [-0.2, 0) is 91.1 Å². The van der Waals surface area contributed by atoms with Gasteiger partial charge < -0.3 is 52.1 Å². The normalized spacial score (nSPS) is 26.1. The number of allylic oxidation sites excluding steroid dienone is 1. The summed E-state index contributed by atoms with van der Waals surface area (Å²) < 4.78 is 68.1. The van der Waals surface area contributed by atoms with Crippen molar-refractivity contribution in [2.24, 2.45) is 0 Å². The van der Waals surface area contributed by atoms with Crippen LogP contribution in [0.5, 0.6) is 0 Å². The highest BCUT2D eigenvalue weighted by Crippen LogP contribution is 2.34. The van der Waals surface area contributed by atoms with Gasteiger partial charge in [0.2, 0.25) is 0 Å². The Bertz CT molecular complexity index is 1810. The molecule has 5 rings (SSSR count). The fraction of sp³-hybridized carbons (Fsp3) is 0.478. The topological polar surface area (TPSA) is 170 Å². The van der Waals surface area contributed by atoms with Crippen LogP contribution < -0.4 is 0 Å². The van der Waals surface area contributed by atoms with Crippen LogP contribution in [-0.4, -0.2) is 105 Å². The van der Waals surface area contributed by atoms with Crippen LogP contribution in [0.3, 0.4) is 0 Å². The monoisotopic (exact) mass is 848 g/mol. The van der Waals surface area contributed by atoms with Gasteiger partial charge in [-0.3, -0.25) is 19.2 Å². The van der Waals surface area contributed by atoms with E-state index < -0.39 is 91.9 Å². The number of benzene rings is 3. The van der Waals surface area contributed by atoms with E-state index in [1.165, 1.54) is 6.92 Å². The van der Waals surface area contributed by atoms with Crippen LogP contribution in [0, 0.1) is 0 Å². The molecule has 2 aliphatic rings. The predicted octanol–water partition coefficient (Wildman–Crippen LogP) is 5.55. The highest BCUT2D eigenvalue weighted by atomic mass is 16.8. The van der Waals surface area contributed by atoms with Crippen molar-refractivity contribution in [2.75, 3.05) is 19.8 Å². The number of carbonyl (C=O) groups excluding carboxylic acids is 4. The standard InChI is InChI=1S/C46H56O15/c1-6-7-17-24-51-45-43(55-27-36-22-15-10-16-23-36)41(54-26-35-20-13-9-14-21-35)39(53-25-34-18-11-8-12-19-34)37(60-45)29-56-46-44(59-33(5)50)42(58-32(4)49)40(57-31(3)48)38(61-46)28-52-30(2)47/h6,8-16,18-23,37-46H,1,7,17,24-29H2,2-5H3/t37-,38-,39-,40-,41+,42+,43-,44-,45-,46?/m1/s1. The zero-order chi connectivity index (χ0) is 43.6. The van der Waals surface area contributed by atoms with Gasteiger partial charge in [0.05, 0.1) is 33.0 Å². The van der Waals surface area contributed by atoms with Gasteiger partial charge in [0.25, 0.3) is 0 Å². The summed E-state index contributed by atoms with van der Waals surface area (Å²) in [5.41, 5.74) is 2.71. The molecule has 10 atom stereocenters. The lowest BCUT2D eigenvalue weighted by Gasteiger charge is -2.47. The third-order valence-corrected chi connectivity index (χ3v) is 9.65. The third kappa shape index (κ3) is 14.8. The van der Waals surface area contributed by atoms with Crippen molar-refractivity contribution in [2.45, 2.75) is 122 Å². The van der Waals surface area contributed by atoms with Crippen molar-refractivity contribution in [3.63, 3.8) is 0 Å². The first-order valence-corrected chi connectivity index (χ1v) is 20.3. The van der Waals surface area contributed by atoms with Gasteiger partial charge in [-0.1, -0.05) is 97.1 Å². The molecule has 3 aromatic rings. The first kappa shape index (κ1) is 47.1. The highest BCUT2D eigenvalue weighted by molar-refractivity contribution is 5.68. The minimum absolute atomic E-state index is 0.159. The van der Waals surface area contributed by atoms with Crippen molar-refractivity contribution in [3.05, 3.63) is 120 Å². The second-order valence-corrected chi connectivity index (χ2v) is 14.5. The molecule has 15 nitrogen and oxygen atoms in total. The van der Waals surface area contributed by atoms with E-state index >= 15 is 0 Å². The maximum absolute atomic E-state index is 12.6. The van der Waals surface area contributed by atoms with Crippen LogP contribution in [0.1, 0.15) is 57.2 Å². The zero-order valence-electron chi connectivity index (χ0n) is 35.0. The first-order valence-electron chi connectivity index (χ1n) is 20.3. The largest absolute Gasteiger partial charge is 0.463 e. The van der Waals surface area contributed by atoms with Gasteiger partial charge in [-0.25, -0.2) is 0 Å². The molecule has 2 heterocycles. The van der Waals surface area contributed by atoms with Crippen LogP contribution in [0.2, 0.25) is 0 Å². The summed E-state index contributed by atoms with van der Waals surface area (Å²) in [4.78, 5) is 49.3. The van der Waals surface area contributed by atoms with E-state index in [1.54, 1.807) is 6.08 Å². The molecule has 0 aliphatic carbocycles. The van der Waals surface area contributed by atoms with E-state index in [0.717, 1.165) is 37.5 Å². The summed E-state index contributed by atoms with van der Waals surface area (Å²) in [7, 11) is 0. The summed E-state index contributed by atoms with van der Waals surface area (Å²) in [6.45, 7) is 8.64. The van der Waals surface area contributed by atoms with Crippen molar-refractivity contribution < 1.29 is 71.3 Å². The van der Waals surface area contributed by atoms with Gasteiger partial charge in [0, 0.05) is 27.7 Å². The molecule has 2 aliphatic heterocycles. The van der Waals surface area contributed by atoms with E-state index in [9.17, 15) is 19.2 Å². The van der Waals surface area contributed by atoms with E-state index in [4.69, 9.17) is 52.1 Å². The molecule has 0 N–H and O–H groups in total. The maximum Gasteiger partial charge on any atom is 0.303 e. The lowest BCUT2D eigenvalue weighted by Crippen LogP contribution is -2.64. The molecule has 2 fully saturated rings. The van der Waals surface area contributed by atoms with Crippen LogP contribution in [0.15, 0.2) is 104 Å². The second-order valence-electron chi connectivity index (χ2n) is 14.5. The molecule has 2 saturated heterocycles. The molecule has 3 aromatic carbocycles. The van der Waals surface area contributed by atoms with Gasteiger partial charge in [0.15, 0.2) is 30.9 Å². The van der Waals surface area contributed by atoms with E-state index in [1.807, 2.05) is 91.0 Å². The van der Waals surface area contributed by atoms with Crippen molar-refractivity contribution in [1.82, 2.24) is 0 Å². The van der Waals surface area contributed by atoms with E-state index in [0.29, 0.717) is 19.4 Å². The Balaban J connectivity index is 1.52. The Kier molecular flexibility index (Phi) is 18.9. The number of esters is 4. The van der Waals surface area contributed by atoms with Crippen LogP contribution in [0.25, 0.3) is 0 Å². The number of hydrogen-bond acceptors (Lipinski definition) is 15. The number of carbonyl (C=O) groups is 4. The van der Waals surface area contributed by atoms with Gasteiger partial charge in [-0.2, -0.15) is 0 Å². The number of hydrogen-bond donors (Lipinski definition) is 0. The summed E-state index contributed by atoms with van der Waals surface area (Å²) in [6.07, 6.45) is -8.20. The lowest BCUT2D eigenvalue weighted by molar-refractivity contribution is -0.345. The SMILES string of the molecule is C=CCCCO[C@@H]1O[C@H](COC2O[C@H](COC(C)=O)[C@@H](OC(C)=O)[C@H](OC(C)=O)[C@H]2OC(C)=O)[C@@H](OCc2ccccc2)[C@H](OCc2ccccc2)[C@H]1OCc1ccccc1. The average Bonchev–Trinajstić information content (AvgIpc) is 3.24. The molecular weight excluding hydrogens is 792 g/mol. The Morgan fingerprint density at radius 3 is 1.44 bits per heavy atom. The van der Waals surface area contributed by atoms with E-state index in [2.05, 4.69) is 6.58 Å². The molecule has 0 spiro atoms. The summed E-state index contributed by atoms with van der Waals surface area (Å²) in [5.74, 6) is -2.93. The van der Waals surface area contributed by atoms with Gasteiger partial charge in [0.1, 0.15) is 37.1 Å². The Hall–Kier alpha value is -5.00. The zero-order valence-corrected chi connectivity index (χ0v) is 35.0. The van der Waals surface area contributed by atoms with Gasteiger partial charge in [-0.05, 0) is 29.5 Å². The molecule has 61 heavy (non-hydrogen) atoms. The number of rotatable bonds is 22. The Morgan fingerprint density at radius 1 is 0.508 bits per heavy atom. The van der Waals surface area contributed by atoms with E-state index in [-0.39, 0.29) is 26.4 Å². The minimum atomic E-state index is -1.47. The lowest BCUT2D eigenvalue weighted by atomic mass is 9.97. The quantitative estimate of drug-likeness (QED) is 0.0534. The third-order valence-electron chi connectivity index (χ3n) is 9.65. The van der Waals surface area contributed by atoms with Gasteiger partial charge in [-0.15, -0.1) is 6.58 Å². The number of ether oxygens (including phenoxy) is 11. The van der Waals surface area contributed by atoms with Gasteiger partial charge >= 0.3 is 23.9 Å². The summed E-state index contributed by atoms with van der Waals surface area (Å²) in [6, 6.07) is 28.9. The van der Waals surface area contributed by atoms with Crippen molar-refractivity contribution in [3.8, 4) is 0 Å². The Labute approximate surface area is 356 Å². The molecule has 1 unspecified atom stereocenters. The highest BCUT2D eigenvalue weighted by Gasteiger charge is 2.54. The Morgan fingerprint density at radius 2 is 0.951 bits per heavy atom. The molecule has 0 amide bonds. The summed E-state index contributed by atoms with van der Waals surface area (Å²) in [5, 5.41) is 0. The molecule has 0 radical (unpaired) electrons. The molecule has 0 saturated carbocycles. The number of unbranched alkanes of at least 4 members (excludes halogenated alkanes) is 1. The molecular formula is C46H56O15. The smallest absolute Gasteiger partial charge is 0.303 e. The first-order chi connectivity index (χ1) is 29.5. The van der Waals surface area contributed by atoms with Crippen LogP contribution >= 0.6 is 0 Å². The van der Waals surface area contributed by atoms with Crippen LogP contribution in [0.4, 0.5) is 0 Å². The molecule has 0 bridgehead atoms. The predicted molar refractivity (Wildman–Crippen MR) is 217 cm³/mol. The minimum Gasteiger partial charge on any atom is -0.463 e. The second kappa shape index (κ2) is 24.4. The molecule has 0 aromatic heterocycles.